The van der Waals surface area contributed by atoms with E-state index in [9.17, 15) is 9.59 Å². The predicted octanol–water partition coefficient (Wildman–Crippen LogP) is 0.0904. The molecule has 0 aromatic rings. The van der Waals surface area contributed by atoms with Crippen LogP contribution < -0.4 is 0 Å². The van der Waals surface area contributed by atoms with Crippen molar-refractivity contribution in [3.05, 3.63) is 12.2 Å². The van der Waals surface area contributed by atoms with Crippen LogP contribution in [0.3, 0.4) is 0 Å². The van der Waals surface area contributed by atoms with E-state index in [4.69, 9.17) is 4.74 Å². The van der Waals surface area contributed by atoms with E-state index >= 15 is 0 Å². The van der Waals surface area contributed by atoms with Gasteiger partial charge < -0.3 is 4.74 Å². The fourth-order valence-corrected chi connectivity index (χ4v) is 1.70. The molecule has 2 aliphatic rings. The van der Waals surface area contributed by atoms with Gasteiger partial charge in [-0.1, -0.05) is 0 Å². The highest BCUT2D eigenvalue weighted by Gasteiger charge is 2.32. The SMILES string of the molecule is O=C1C=CC(=O)N1C1CCCOC1. The Bertz CT molecular complexity index is 248. The maximum atomic E-state index is 11.2. The first kappa shape index (κ1) is 8.44. The van der Waals surface area contributed by atoms with Crippen LogP contribution in [0.25, 0.3) is 0 Å². The van der Waals surface area contributed by atoms with Gasteiger partial charge in [0.05, 0.1) is 12.6 Å². The summed E-state index contributed by atoms with van der Waals surface area (Å²) >= 11 is 0. The van der Waals surface area contributed by atoms with Crippen molar-refractivity contribution < 1.29 is 14.3 Å². The molecular formula is C9H11NO3. The van der Waals surface area contributed by atoms with Gasteiger partial charge in [-0.25, -0.2) is 0 Å². The van der Waals surface area contributed by atoms with Crippen LogP contribution in [0.5, 0.6) is 0 Å². The Morgan fingerprint density at radius 2 is 2.00 bits per heavy atom. The second kappa shape index (κ2) is 3.30. The lowest BCUT2D eigenvalue weighted by Gasteiger charge is -2.29. The van der Waals surface area contributed by atoms with Gasteiger partial charge in [0.15, 0.2) is 0 Å². The Kier molecular flexibility index (Phi) is 2.14. The van der Waals surface area contributed by atoms with Crippen LogP contribution in [0.2, 0.25) is 0 Å². The summed E-state index contributed by atoms with van der Waals surface area (Å²) in [6, 6.07) is -0.0521. The van der Waals surface area contributed by atoms with E-state index in [1.807, 2.05) is 0 Å². The Labute approximate surface area is 76.2 Å². The normalized spacial score (nSPS) is 28.6. The number of hydrogen-bond donors (Lipinski definition) is 0. The molecule has 1 saturated heterocycles. The average molecular weight is 181 g/mol. The van der Waals surface area contributed by atoms with Crippen molar-refractivity contribution in [2.75, 3.05) is 13.2 Å². The summed E-state index contributed by atoms with van der Waals surface area (Å²) in [5.41, 5.74) is 0. The highest BCUT2D eigenvalue weighted by atomic mass is 16.5. The van der Waals surface area contributed by atoms with Gasteiger partial charge in [0.25, 0.3) is 11.8 Å². The molecule has 0 spiro atoms. The number of hydrogen-bond acceptors (Lipinski definition) is 3. The van der Waals surface area contributed by atoms with Crippen LogP contribution in [-0.2, 0) is 14.3 Å². The summed E-state index contributed by atoms with van der Waals surface area (Å²) in [5.74, 6) is -0.416. The van der Waals surface area contributed by atoms with Crippen molar-refractivity contribution >= 4 is 11.8 Å². The third-order valence-corrected chi connectivity index (χ3v) is 2.34. The summed E-state index contributed by atoms with van der Waals surface area (Å²) in [6.07, 6.45) is 4.41. The van der Waals surface area contributed by atoms with Gasteiger partial charge in [0.2, 0.25) is 0 Å². The second-order valence-corrected chi connectivity index (χ2v) is 3.25. The molecular weight excluding hydrogens is 170 g/mol. The molecule has 0 N–H and O–H groups in total. The monoisotopic (exact) mass is 181 g/mol. The second-order valence-electron chi connectivity index (χ2n) is 3.25. The van der Waals surface area contributed by atoms with E-state index in [2.05, 4.69) is 0 Å². The molecule has 0 aliphatic carbocycles. The van der Waals surface area contributed by atoms with Crippen molar-refractivity contribution in [3.8, 4) is 0 Å². The topological polar surface area (TPSA) is 46.6 Å². The summed E-state index contributed by atoms with van der Waals surface area (Å²) in [6.45, 7) is 1.22. The number of carbonyl (C=O) groups is 2. The Balaban J connectivity index is 2.07. The fourth-order valence-electron chi connectivity index (χ4n) is 1.70. The van der Waals surface area contributed by atoms with Gasteiger partial charge in [-0.15, -0.1) is 0 Å². The molecule has 1 fully saturated rings. The Morgan fingerprint density at radius 1 is 1.31 bits per heavy atom. The number of amides is 2. The van der Waals surface area contributed by atoms with Gasteiger partial charge in [-0.2, -0.15) is 0 Å². The molecule has 0 bridgehead atoms. The number of ether oxygens (including phenoxy) is 1. The third kappa shape index (κ3) is 1.49. The molecule has 70 valence electrons. The molecule has 4 heteroatoms. The van der Waals surface area contributed by atoms with Gasteiger partial charge in [0, 0.05) is 18.8 Å². The van der Waals surface area contributed by atoms with Crippen molar-refractivity contribution in [1.82, 2.24) is 4.90 Å². The summed E-state index contributed by atoms with van der Waals surface area (Å²) < 4.78 is 5.22. The van der Waals surface area contributed by atoms with Gasteiger partial charge >= 0.3 is 0 Å². The zero-order valence-electron chi connectivity index (χ0n) is 7.23. The zero-order chi connectivity index (χ0) is 9.26. The lowest BCUT2D eigenvalue weighted by Crippen LogP contribution is -2.44. The molecule has 0 aromatic heterocycles. The molecule has 2 heterocycles. The van der Waals surface area contributed by atoms with Crippen LogP contribution in [0.15, 0.2) is 12.2 Å². The molecule has 1 atom stereocenters. The molecule has 0 radical (unpaired) electrons. The fraction of sp³-hybridized carbons (Fsp3) is 0.556. The minimum absolute atomic E-state index is 0.0521. The van der Waals surface area contributed by atoms with E-state index in [0.29, 0.717) is 6.61 Å². The van der Waals surface area contributed by atoms with E-state index in [0.717, 1.165) is 19.4 Å². The number of rotatable bonds is 1. The summed E-state index contributed by atoms with van der Waals surface area (Å²) in [7, 11) is 0. The number of carbonyl (C=O) groups excluding carboxylic acids is 2. The Morgan fingerprint density at radius 3 is 2.54 bits per heavy atom. The van der Waals surface area contributed by atoms with E-state index in [1.165, 1.54) is 17.1 Å². The first-order valence-corrected chi connectivity index (χ1v) is 4.42. The number of nitrogens with zero attached hydrogens (tertiary/aromatic N) is 1. The van der Waals surface area contributed by atoms with Crippen LogP contribution in [0.1, 0.15) is 12.8 Å². The third-order valence-electron chi connectivity index (χ3n) is 2.34. The highest BCUT2D eigenvalue weighted by molar-refractivity contribution is 6.13. The maximum Gasteiger partial charge on any atom is 0.253 e. The predicted molar refractivity (Wildman–Crippen MR) is 44.8 cm³/mol. The molecule has 2 aliphatic heterocycles. The van der Waals surface area contributed by atoms with Crippen molar-refractivity contribution in [2.24, 2.45) is 0 Å². The quantitative estimate of drug-likeness (QED) is 0.538. The lowest BCUT2D eigenvalue weighted by molar-refractivity contribution is -0.142. The van der Waals surface area contributed by atoms with E-state index in [-0.39, 0.29) is 17.9 Å². The van der Waals surface area contributed by atoms with E-state index < -0.39 is 0 Å². The minimum atomic E-state index is -0.208. The van der Waals surface area contributed by atoms with Crippen molar-refractivity contribution in [2.45, 2.75) is 18.9 Å². The highest BCUT2D eigenvalue weighted by Crippen LogP contribution is 2.17. The summed E-state index contributed by atoms with van der Waals surface area (Å²) in [4.78, 5) is 23.8. The van der Waals surface area contributed by atoms with Gasteiger partial charge in [0.1, 0.15) is 0 Å². The molecule has 2 rings (SSSR count). The largest absolute Gasteiger partial charge is 0.379 e. The molecule has 0 saturated carbocycles. The molecule has 1 unspecified atom stereocenters. The van der Waals surface area contributed by atoms with Crippen LogP contribution >= 0.6 is 0 Å². The first-order chi connectivity index (χ1) is 6.29. The van der Waals surface area contributed by atoms with Crippen LogP contribution in [0, 0.1) is 0 Å². The standard InChI is InChI=1S/C9H11NO3/c11-8-3-4-9(12)10(8)7-2-1-5-13-6-7/h3-4,7H,1-2,5-6H2. The van der Waals surface area contributed by atoms with Crippen molar-refractivity contribution in [1.29, 1.82) is 0 Å². The molecule has 13 heavy (non-hydrogen) atoms. The Hall–Kier alpha value is -1.16. The molecule has 4 nitrogen and oxygen atoms in total. The number of imide groups is 1. The van der Waals surface area contributed by atoms with Crippen LogP contribution in [-0.4, -0.2) is 36.0 Å². The average Bonchev–Trinajstić information content (AvgIpc) is 2.48. The smallest absolute Gasteiger partial charge is 0.253 e. The van der Waals surface area contributed by atoms with E-state index in [1.54, 1.807) is 0 Å². The van der Waals surface area contributed by atoms with Gasteiger partial charge in [-0.05, 0) is 12.8 Å². The van der Waals surface area contributed by atoms with Crippen LogP contribution in [0.4, 0.5) is 0 Å². The maximum absolute atomic E-state index is 11.2. The lowest BCUT2D eigenvalue weighted by atomic mass is 10.1. The molecule has 0 aromatic carbocycles. The zero-order valence-corrected chi connectivity index (χ0v) is 7.23. The first-order valence-electron chi connectivity index (χ1n) is 4.42. The molecule has 2 amide bonds. The minimum Gasteiger partial charge on any atom is -0.379 e. The van der Waals surface area contributed by atoms with Crippen molar-refractivity contribution in [3.63, 3.8) is 0 Å². The van der Waals surface area contributed by atoms with Gasteiger partial charge in [-0.3, -0.25) is 14.5 Å². The summed E-state index contributed by atoms with van der Waals surface area (Å²) in [5, 5.41) is 0.